The minimum atomic E-state index is -3.64. The van der Waals surface area contributed by atoms with Crippen molar-refractivity contribution >= 4 is 19.7 Å². The molecule has 0 aromatic heterocycles. The predicted octanol–water partition coefficient (Wildman–Crippen LogP) is 5.53. The average molecular weight is 703 g/mol. The molecule has 0 amide bonds. The standard InChI is InChI=1S/C22H20O5S.C15H14O5S/c23-28(24,19-9-5-2-6-10-19)20-11-12-21(22(13-20)27-16-18-15-25-18)26-14-17-7-3-1-4-8-17;16-9-11-10-19-15-8-13(6-7-14(15)20-11)21(17,18)12-4-2-1-3-5-12/h1-13,18H,14-16H2;1-8,11,16H,9-10H2/t;11-/m.1/s1. The monoisotopic (exact) mass is 702 g/mol. The highest BCUT2D eigenvalue weighted by Gasteiger charge is 2.26. The topological polar surface area (TPSA) is 138 Å². The molecule has 7 rings (SSSR count). The Bertz CT molecular complexity index is 2070. The first kappa shape index (κ1) is 34.0. The summed E-state index contributed by atoms with van der Waals surface area (Å²) in [6.07, 6.45) is -0.370. The van der Waals surface area contributed by atoms with E-state index in [1.807, 2.05) is 30.3 Å². The Kier molecular flexibility index (Phi) is 10.5. The van der Waals surface area contributed by atoms with E-state index < -0.39 is 25.8 Å². The molecule has 1 fully saturated rings. The molecule has 2 heterocycles. The summed E-state index contributed by atoms with van der Waals surface area (Å²) in [6.45, 7) is 1.42. The van der Waals surface area contributed by atoms with E-state index >= 15 is 0 Å². The number of rotatable bonds is 11. The molecule has 2 aliphatic rings. The number of hydrogen-bond acceptors (Lipinski definition) is 10. The second kappa shape index (κ2) is 15.1. The molecule has 1 N–H and O–H groups in total. The van der Waals surface area contributed by atoms with E-state index in [2.05, 4.69) is 0 Å². The molecule has 0 saturated carbocycles. The molecule has 0 aliphatic carbocycles. The van der Waals surface area contributed by atoms with Crippen LogP contribution >= 0.6 is 0 Å². The minimum absolute atomic E-state index is 0.0522. The van der Waals surface area contributed by atoms with Gasteiger partial charge in [0.05, 0.1) is 32.8 Å². The van der Waals surface area contributed by atoms with Gasteiger partial charge in [-0.15, -0.1) is 0 Å². The number of ether oxygens (including phenoxy) is 5. The van der Waals surface area contributed by atoms with Crippen molar-refractivity contribution in [1.29, 1.82) is 0 Å². The van der Waals surface area contributed by atoms with Gasteiger partial charge >= 0.3 is 0 Å². The molecule has 5 aromatic rings. The minimum Gasteiger partial charge on any atom is -0.487 e. The van der Waals surface area contributed by atoms with Gasteiger partial charge in [0.15, 0.2) is 29.1 Å². The van der Waals surface area contributed by atoms with E-state index in [1.54, 1.807) is 78.9 Å². The molecular formula is C37H34O10S2. The highest BCUT2D eigenvalue weighted by Crippen LogP contribution is 2.36. The summed E-state index contributed by atoms with van der Waals surface area (Å²) in [6, 6.07) is 35.5. The van der Waals surface area contributed by atoms with E-state index in [4.69, 9.17) is 28.8 Å². The molecule has 1 unspecified atom stereocenters. The van der Waals surface area contributed by atoms with Gasteiger partial charge in [0.2, 0.25) is 19.7 Å². The molecule has 10 nitrogen and oxygen atoms in total. The Morgan fingerprint density at radius 3 is 1.76 bits per heavy atom. The third-order valence-corrected chi connectivity index (χ3v) is 11.1. The first-order valence-corrected chi connectivity index (χ1v) is 18.4. The summed E-state index contributed by atoms with van der Waals surface area (Å²) in [5.41, 5.74) is 1.01. The Morgan fingerprint density at radius 1 is 0.592 bits per heavy atom. The zero-order valence-corrected chi connectivity index (χ0v) is 27.9. The van der Waals surface area contributed by atoms with E-state index in [0.717, 1.165) is 5.56 Å². The number of fused-ring (bicyclic) bond motifs is 1. The summed E-state index contributed by atoms with van der Waals surface area (Å²) in [7, 11) is -7.21. The van der Waals surface area contributed by atoms with Crippen molar-refractivity contribution in [2.24, 2.45) is 0 Å². The normalized spacial score (nSPS) is 16.5. The summed E-state index contributed by atoms with van der Waals surface area (Å²) >= 11 is 0. The van der Waals surface area contributed by atoms with E-state index in [-0.39, 0.29) is 38.9 Å². The lowest BCUT2D eigenvalue weighted by molar-refractivity contribution is 0.0454. The fourth-order valence-electron chi connectivity index (χ4n) is 4.79. The SMILES string of the molecule is O=S(=O)(c1ccccc1)c1ccc(OCc2ccccc2)c(OCC2CO2)c1.O=S(=O)(c1ccccc1)c1ccc2c(c1)OC[C@@H](CO)O2. The highest BCUT2D eigenvalue weighted by molar-refractivity contribution is 7.91. The van der Waals surface area contributed by atoms with Gasteiger partial charge < -0.3 is 28.8 Å². The average Bonchev–Trinajstić information content (AvgIpc) is 3.99. The maximum absolute atomic E-state index is 12.9. The van der Waals surface area contributed by atoms with Gasteiger partial charge in [-0.1, -0.05) is 66.7 Å². The molecule has 0 bridgehead atoms. The molecule has 2 atom stereocenters. The van der Waals surface area contributed by atoms with Gasteiger partial charge in [0, 0.05) is 12.1 Å². The van der Waals surface area contributed by atoms with Crippen molar-refractivity contribution in [2.45, 2.75) is 38.4 Å². The van der Waals surface area contributed by atoms with Crippen LogP contribution in [-0.4, -0.2) is 60.6 Å². The van der Waals surface area contributed by atoms with Crippen LogP contribution in [-0.2, 0) is 31.0 Å². The summed E-state index contributed by atoms with van der Waals surface area (Å²) in [5, 5.41) is 9.05. The maximum Gasteiger partial charge on any atom is 0.206 e. The third-order valence-electron chi connectivity index (χ3n) is 7.54. The van der Waals surface area contributed by atoms with Crippen molar-refractivity contribution in [2.75, 3.05) is 26.4 Å². The van der Waals surface area contributed by atoms with Gasteiger partial charge in [0.1, 0.15) is 25.9 Å². The highest BCUT2D eigenvalue weighted by atomic mass is 32.2. The zero-order chi connectivity index (χ0) is 34.3. The van der Waals surface area contributed by atoms with Crippen LogP contribution in [0.15, 0.2) is 147 Å². The van der Waals surface area contributed by atoms with Crippen LogP contribution in [0.25, 0.3) is 0 Å². The van der Waals surface area contributed by atoms with Crippen molar-refractivity contribution in [3.05, 3.63) is 133 Å². The lowest BCUT2D eigenvalue weighted by Gasteiger charge is -2.25. The summed E-state index contributed by atoms with van der Waals surface area (Å²) in [4.78, 5) is 0.787. The third kappa shape index (κ3) is 8.41. The van der Waals surface area contributed by atoms with Crippen LogP contribution in [0.2, 0.25) is 0 Å². The molecule has 0 radical (unpaired) electrons. The molecule has 12 heteroatoms. The van der Waals surface area contributed by atoms with Gasteiger partial charge in [-0.3, -0.25) is 0 Å². The van der Waals surface area contributed by atoms with Gasteiger partial charge in [-0.25, -0.2) is 16.8 Å². The molecular weight excluding hydrogens is 669 g/mol. The van der Waals surface area contributed by atoms with Crippen LogP contribution in [0, 0.1) is 0 Å². The molecule has 5 aromatic carbocycles. The lowest BCUT2D eigenvalue weighted by atomic mass is 10.2. The quantitative estimate of drug-likeness (QED) is 0.175. The van der Waals surface area contributed by atoms with Crippen LogP contribution in [0.3, 0.4) is 0 Å². The Labute approximate surface area is 285 Å². The number of epoxide rings is 1. The lowest BCUT2D eigenvalue weighted by Crippen LogP contribution is -2.32. The van der Waals surface area contributed by atoms with Crippen LogP contribution in [0.5, 0.6) is 23.0 Å². The Morgan fingerprint density at radius 2 is 1.16 bits per heavy atom. The first-order chi connectivity index (χ1) is 23.7. The smallest absolute Gasteiger partial charge is 0.206 e. The fourth-order valence-corrected chi connectivity index (χ4v) is 7.39. The van der Waals surface area contributed by atoms with E-state index in [1.165, 1.54) is 18.2 Å². The molecule has 2 aliphatic heterocycles. The predicted molar refractivity (Wildman–Crippen MR) is 180 cm³/mol. The van der Waals surface area contributed by atoms with Crippen LogP contribution in [0.1, 0.15) is 5.56 Å². The van der Waals surface area contributed by atoms with Gasteiger partial charge in [-0.05, 0) is 54.1 Å². The van der Waals surface area contributed by atoms with Crippen molar-refractivity contribution in [3.8, 4) is 23.0 Å². The summed E-state index contributed by atoms with van der Waals surface area (Å²) in [5.74, 6) is 1.70. The van der Waals surface area contributed by atoms with Crippen LogP contribution in [0.4, 0.5) is 0 Å². The number of benzene rings is 5. The zero-order valence-electron chi connectivity index (χ0n) is 26.3. The first-order valence-electron chi connectivity index (χ1n) is 15.4. The largest absolute Gasteiger partial charge is 0.487 e. The second-order valence-electron chi connectivity index (χ2n) is 11.1. The van der Waals surface area contributed by atoms with E-state index in [0.29, 0.717) is 42.8 Å². The van der Waals surface area contributed by atoms with Gasteiger partial charge in [0.25, 0.3) is 0 Å². The Balaban J connectivity index is 0.000000177. The van der Waals surface area contributed by atoms with Gasteiger partial charge in [-0.2, -0.15) is 0 Å². The molecule has 0 spiro atoms. The van der Waals surface area contributed by atoms with E-state index in [9.17, 15) is 16.8 Å². The summed E-state index contributed by atoms with van der Waals surface area (Å²) < 4.78 is 78.6. The van der Waals surface area contributed by atoms with Crippen LogP contribution < -0.4 is 18.9 Å². The fraction of sp³-hybridized carbons (Fsp3) is 0.189. The van der Waals surface area contributed by atoms with Crippen molar-refractivity contribution < 1.29 is 45.6 Å². The van der Waals surface area contributed by atoms with Crippen molar-refractivity contribution in [1.82, 2.24) is 0 Å². The number of sulfone groups is 2. The molecule has 254 valence electrons. The Hall–Kier alpha value is -4.88. The second-order valence-corrected chi connectivity index (χ2v) is 15.0. The maximum atomic E-state index is 12.9. The number of aliphatic hydroxyl groups is 1. The molecule has 49 heavy (non-hydrogen) atoms. The molecule has 1 saturated heterocycles. The number of hydrogen-bond donors (Lipinski definition) is 1. The van der Waals surface area contributed by atoms with Crippen molar-refractivity contribution in [3.63, 3.8) is 0 Å². The number of aliphatic hydroxyl groups excluding tert-OH is 1.